The van der Waals surface area contributed by atoms with Crippen molar-refractivity contribution in [2.75, 3.05) is 13.1 Å². The van der Waals surface area contributed by atoms with E-state index in [1.54, 1.807) is 0 Å². The van der Waals surface area contributed by atoms with Crippen LogP contribution >= 0.6 is 15.9 Å². The van der Waals surface area contributed by atoms with Gasteiger partial charge in [-0.15, -0.1) is 0 Å². The molecule has 4 heteroatoms. The van der Waals surface area contributed by atoms with E-state index in [-0.39, 0.29) is 5.91 Å². The minimum atomic E-state index is -0.627. The van der Waals surface area contributed by atoms with Gasteiger partial charge in [0.15, 0.2) is 0 Å². The second-order valence-corrected chi connectivity index (χ2v) is 4.64. The van der Waals surface area contributed by atoms with Crippen LogP contribution in [0.4, 0.5) is 0 Å². The molecule has 80 valence electrons. The van der Waals surface area contributed by atoms with E-state index in [2.05, 4.69) is 26.6 Å². The summed E-state index contributed by atoms with van der Waals surface area (Å²) in [6, 6.07) is 7.79. The minimum Gasteiger partial charge on any atom is -0.353 e. The van der Waals surface area contributed by atoms with Gasteiger partial charge in [0.1, 0.15) is 5.54 Å². The maximum absolute atomic E-state index is 11.9. The van der Waals surface area contributed by atoms with Crippen LogP contribution in [0.1, 0.15) is 12.5 Å². The first-order valence-electron chi connectivity index (χ1n) is 4.93. The Balaban J connectivity index is 2.44. The van der Waals surface area contributed by atoms with Crippen LogP contribution in [0.2, 0.25) is 0 Å². The number of rotatable bonds is 1. The fourth-order valence-electron chi connectivity index (χ4n) is 1.83. The Morgan fingerprint density at radius 2 is 2.07 bits per heavy atom. The van der Waals surface area contributed by atoms with E-state index in [9.17, 15) is 4.79 Å². The normalized spacial score (nSPS) is 26.1. The van der Waals surface area contributed by atoms with Crippen molar-refractivity contribution in [3.8, 4) is 0 Å². The molecule has 2 N–H and O–H groups in total. The Bertz CT molecular complexity index is 394. The molecule has 1 heterocycles. The van der Waals surface area contributed by atoms with Gasteiger partial charge < -0.3 is 5.32 Å². The molecular weight excluding hydrogens is 256 g/mol. The molecule has 0 radical (unpaired) electrons. The molecule has 1 aromatic rings. The van der Waals surface area contributed by atoms with Gasteiger partial charge in [0.25, 0.3) is 0 Å². The lowest BCUT2D eigenvalue weighted by atomic mass is 9.89. The Hall–Kier alpha value is -0.870. The SMILES string of the molecule is CC1(c2ccccc2Br)NCCNC1=O. The van der Waals surface area contributed by atoms with Crippen LogP contribution < -0.4 is 10.6 Å². The molecule has 15 heavy (non-hydrogen) atoms. The molecule has 0 spiro atoms. The van der Waals surface area contributed by atoms with Crippen molar-refractivity contribution in [3.05, 3.63) is 34.3 Å². The van der Waals surface area contributed by atoms with Crippen LogP contribution in [0, 0.1) is 0 Å². The van der Waals surface area contributed by atoms with Crippen LogP contribution in [-0.4, -0.2) is 19.0 Å². The molecule has 0 aromatic heterocycles. The number of carbonyl (C=O) groups excluding carboxylic acids is 1. The summed E-state index contributed by atoms with van der Waals surface area (Å²) in [6.45, 7) is 3.39. The third-order valence-electron chi connectivity index (χ3n) is 2.76. The monoisotopic (exact) mass is 268 g/mol. The highest BCUT2D eigenvalue weighted by Crippen LogP contribution is 2.29. The second-order valence-electron chi connectivity index (χ2n) is 3.79. The van der Waals surface area contributed by atoms with E-state index in [4.69, 9.17) is 0 Å². The summed E-state index contributed by atoms with van der Waals surface area (Å²) in [7, 11) is 0. The lowest BCUT2D eigenvalue weighted by Gasteiger charge is -2.34. The first-order chi connectivity index (χ1) is 7.14. The van der Waals surface area contributed by atoms with Gasteiger partial charge in [0, 0.05) is 17.6 Å². The summed E-state index contributed by atoms with van der Waals surface area (Å²) in [6.07, 6.45) is 0. The molecule has 1 fully saturated rings. The Morgan fingerprint density at radius 3 is 2.73 bits per heavy atom. The van der Waals surface area contributed by atoms with Crippen molar-refractivity contribution >= 4 is 21.8 Å². The maximum atomic E-state index is 11.9. The summed E-state index contributed by atoms with van der Waals surface area (Å²) in [5, 5.41) is 6.14. The molecule has 1 aliphatic heterocycles. The third-order valence-corrected chi connectivity index (χ3v) is 3.45. The quantitative estimate of drug-likeness (QED) is 0.808. The summed E-state index contributed by atoms with van der Waals surface area (Å²) in [4.78, 5) is 11.9. The number of benzene rings is 1. The zero-order valence-corrected chi connectivity index (χ0v) is 10.1. The van der Waals surface area contributed by atoms with E-state index < -0.39 is 5.54 Å². The molecule has 1 atom stereocenters. The summed E-state index contributed by atoms with van der Waals surface area (Å²) < 4.78 is 0.956. The van der Waals surface area contributed by atoms with Crippen LogP contribution in [0.5, 0.6) is 0 Å². The zero-order valence-electron chi connectivity index (χ0n) is 8.51. The number of piperazine rings is 1. The fraction of sp³-hybridized carbons (Fsp3) is 0.364. The van der Waals surface area contributed by atoms with Gasteiger partial charge in [-0.3, -0.25) is 10.1 Å². The molecule has 0 aliphatic carbocycles. The number of hydrogen-bond acceptors (Lipinski definition) is 2. The lowest BCUT2D eigenvalue weighted by Crippen LogP contribution is -2.59. The second kappa shape index (κ2) is 3.94. The Labute approximate surface area is 97.4 Å². The summed E-state index contributed by atoms with van der Waals surface area (Å²) >= 11 is 3.47. The molecular formula is C11H13BrN2O. The molecule has 1 aromatic carbocycles. The Kier molecular flexibility index (Phi) is 2.80. The molecule has 1 saturated heterocycles. The number of nitrogens with one attached hydrogen (secondary N) is 2. The number of amides is 1. The van der Waals surface area contributed by atoms with Crippen molar-refractivity contribution in [1.29, 1.82) is 0 Å². The van der Waals surface area contributed by atoms with Crippen molar-refractivity contribution < 1.29 is 4.79 Å². The average molecular weight is 269 g/mol. The fourth-order valence-corrected chi connectivity index (χ4v) is 2.51. The van der Waals surface area contributed by atoms with Crippen LogP contribution in [0.3, 0.4) is 0 Å². The van der Waals surface area contributed by atoms with Gasteiger partial charge in [-0.05, 0) is 18.6 Å². The third kappa shape index (κ3) is 1.79. The smallest absolute Gasteiger partial charge is 0.244 e. The van der Waals surface area contributed by atoms with Crippen molar-refractivity contribution in [2.45, 2.75) is 12.5 Å². The van der Waals surface area contributed by atoms with Gasteiger partial charge in [-0.2, -0.15) is 0 Å². The van der Waals surface area contributed by atoms with Gasteiger partial charge in [0.2, 0.25) is 5.91 Å². The molecule has 1 amide bonds. The van der Waals surface area contributed by atoms with Crippen LogP contribution in [0.25, 0.3) is 0 Å². The van der Waals surface area contributed by atoms with E-state index in [0.717, 1.165) is 16.6 Å². The molecule has 1 aliphatic rings. The van der Waals surface area contributed by atoms with Crippen molar-refractivity contribution in [1.82, 2.24) is 10.6 Å². The van der Waals surface area contributed by atoms with Gasteiger partial charge in [0.05, 0.1) is 0 Å². The molecule has 0 saturated carbocycles. The minimum absolute atomic E-state index is 0.0284. The highest BCUT2D eigenvalue weighted by atomic mass is 79.9. The van der Waals surface area contributed by atoms with E-state index in [1.807, 2.05) is 31.2 Å². The topological polar surface area (TPSA) is 41.1 Å². The van der Waals surface area contributed by atoms with Gasteiger partial charge in [-0.1, -0.05) is 34.1 Å². The van der Waals surface area contributed by atoms with Crippen LogP contribution in [0.15, 0.2) is 28.7 Å². The largest absolute Gasteiger partial charge is 0.353 e. The first-order valence-corrected chi connectivity index (χ1v) is 5.72. The highest BCUT2D eigenvalue weighted by Gasteiger charge is 2.37. The van der Waals surface area contributed by atoms with E-state index in [0.29, 0.717) is 6.54 Å². The number of halogens is 1. The zero-order chi connectivity index (χ0) is 10.9. The number of hydrogen-bond donors (Lipinski definition) is 2. The predicted molar refractivity (Wildman–Crippen MR) is 62.5 cm³/mol. The average Bonchev–Trinajstić information content (AvgIpc) is 2.23. The van der Waals surface area contributed by atoms with Crippen molar-refractivity contribution in [3.63, 3.8) is 0 Å². The molecule has 1 unspecified atom stereocenters. The highest BCUT2D eigenvalue weighted by molar-refractivity contribution is 9.10. The standard InChI is InChI=1S/C11H13BrN2O/c1-11(10(15)13-6-7-14-11)8-4-2-3-5-9(8)12/h2-5,14H,6-7H2,1H3,(H,13,15). The lowest BCUT2D eigenvalue weighted by molar-refractivity contribution is -0.129. The molecule has 0 bridgehead atoms. The van der Waals surface area contributed by atoms with Gasteiger partial charge >= 0.3 is 0 Å². The van der Waals surface area contributed by atoms with Crippen LogP contribution in [-0.2, 0) is 10.3 Å². The number of carbonyl (C=O) groups is 1. The summed E-state index contributed by atoms with van der Waals surface area (Å²) in [5.41, 5.74) is 0.348. The predicted octanol–water partition coefficient (Wildman–Crippen LogP) is 1.38. The van der Waals surface area contributed by atoms with E-state index in [1.165, 1.54) is 0 Å². The molecule has 3 nitrogen and oxygen atoms in total. The van der Waals surface area contributed by atoms with Crippen molar-refractivity contribution in [2.24, 2.45) is 0 Å². The van der Waals surface area contributed by atoms with E-state index >= 15 is 0 Å². The van der Waals surface area contributed by atoms with Gasteiger partial charge in [-0.25, -0.2) is 0 Å². The first kappa shape index (κ1) is 10.6. The summed E-state index contributed by atoms with van der Waals surface area (Å²) in [5.74, 6) is 0.0284. The maximum Gasteiger partial charge on any atom is 0.244 e. The molecule has 2 rings (SSSR count). The Morgan fingerprint density at radius 1 is 1.33 bits per heavy atom.